The first-order chi connectivity index (χ1) is 6.57. The zero-order valence-corrected chi connectivity index (χ0v) is 12.3. The molecule has 0 spiro atoms. The fourth-order valence-corrected chi connectivity index (χ4v) is 1.95. The van der Waals surface area contributed by atoms with Crippen LogP contribution in [0.1, 0.15) is 11.4 Å². The van der Waals surface area contributed by atoms with Crippen molar-refractivity contribution >= 4 is 11.1 Å². The van der Waals surface area contributed by atoms with Crippen LogP contribution in [0.2, 0.25) is 0 Å². The topological polar surface area (TPSA) is 67.2 Å². The van der Waals surface area contributed by atoms with Gasteiger partial charge in [-0.15, -0.1) is 0 Å². The summed E-state index contributed by atoms with van der Waals surface area (Å²) in [6.07, 6.45) is 0. The van der Waals surface area contributed by atoms with E-state index >= 15 is 0 Å². The third kappa shape index (κ3) is 3.65. The number of hydrogen-bond acceptors (Lipinski definition) is 4. The molecule has 0 amide bonds. The number of methoxy groups -OCH3 is 1. The molecule has 0 fully saturated rings. The van der Waals surface area contributed by atoms with E-state index in [0.717, 1.165) is 0 Å². The van der Waals surface area contributed by atoms with Crippen LogP contribution in [0.4, 0.5) is 0 Å². The summed E-state index contributed by atoms with van der Waals surface area (Å²) in [7, 11) is 1.60. The van der Waals surface area contributed by atoms with E-state index in [-0.39, 0.29) is 29.6 Å². The first-order valence-electron chi connectivity index (χ1n) is 4.20. The zero-order chi connectivity index (χ0) is 10.7. The van der Waals surface area contributed by atoms with Crippen LogP contribution in [-0.4, -0.2) is 32.3 Å². The zero-order valence-electron chi connectivity index (χ0n) is 9.44. The molecule has 0 aliphatic rings. The van der Waals surface area contributed by atoms with Crippen molar-refractivity contribution in [3.05, 3.63) is 11.4 Å². The first-order valence-corrected chi connectivity index (χ1v) is 5.27. The number of ether oxygens (including phenoxy) is 1. The standard InChI is InChI=1S/C8H14N2O3S.Na/c1-6-8(14(11)12)7(2)10(9-6)4-5-13-3;/h4-5H2,1-3H3,(H,11,12);/q;+1/p-1. The maximum absolute atomic E-state index is 10.8. The molecular formula is C8H13N2NaO3S. The van der Waals surface area contributed by atoms with Crippen molar-refractivity contribution in [2.75, 3.05) is 13.7 Å². The quantitative estimate of drug-likeness (QED) is 0.427. The van der Waals surface area contributed by atoms with E-state index < -0.39 is 11.1 Å². The Morgan fingerprint density at radius 3 is 2.53 bits per heavy atom. The molecule has 5 nitrogen and oxygen atoms in total. The van der Waals surface area contributed by atoms with Gasteiger partial charge in [-0.3, -0.25) is 8.89 Å². The van der Waals surface area contributed by atoms with E-state index in [1.165, 1.54) is 0 Å². The van der Waals surface area contributed by atoms with E-state index in [4.69, 9.17) is 4.74 Å². The van der Waals surface area contributed by atoms with Gasteiger partial charge in [0.05, 0.1) is 29.4 Å². The maximum atomic E-state index is 10.8. The van der Waals surface area contributed by atoms with Crippen molar-refractivity contribution in [3.8, 4) is 0 Å². The van der Waals surface area contributed by atoms with Crippen molar-refractivity contribution in [1.29, 1.82) is 0 Å². The molecule has 0 bridgehead atoms. The molecule has 1 aromatic rings. The minimum Gasteiger partial charge on any atom is -0.768 e. The number of nitrogens with zero attached hydrogens (tertiary/aromatic N) is 2. The molecular weight excluding hydrogens is 227 g/mol. The SMILES string of the molecule is COCCn1nc(C)c(S(=O)[O-])c1C.[Na+]. The maximum Gasteiger partial charge on any atom is 1.00 e. The van der Waals surface area contributed by atoms with Gasteiger partial charge in [-0.1, -0.05) is 0 Å². The van der Waals surface area contributed by atoms with Gasteiger partial charge in [0.2, 0.25) is 0 Å². The van der Waals surface area contributed by atoms with Gasteiger partial charge in [-0.25, -0.2) is 0 Å². The van der Waals surface area contributed by atoms with E-state index in [1.54, 1.807) is 25.6 Å². The van der Waals surface area contributed by atoms with Crippen LogP contribution in [-0.2, 0) is 22.4 Å². The van der Waals surface area contributed by atoms with Crippen molar-refractivity contribution in [2.45, 2.75) is 25.3 Å². The van der Waals surface area contributed by atoms with Gasteiger partial charge in [0.15, 0.2) is 0 Å². The molecule has 1 unspecified atom stereocenters. The van der Waals surface area contributed by atoms with Crippen molar-refractivity contribution in [3.63, 3.8) is 0 Å². The van der Waals surface area contributed by atoms with Gasteiger partial charge in [0.25, 0.3) is 0 Å². The van der Waals surface area contributed by atoms with Gasteiger partial charge in [0.1, 0.15) is 0 Å². The summed E-state index contributed by atoms with van der Waals surface area (Å²) in [6, 6.07) is 0. The van der Waals surface area contributed by atoms with Crippen LogP contribution in [0.25, 0.3) is 0 Å². The van der Waals surface area contributed by atoms with Crippen molar-refractivity contribution in [2.24, 2.45) is 0 Å². The van der Waals surface area contributed by atoms with E-state index in [0.29, 0.717) is 29.4 Å². The molecule has 0 saturated carbocycles. The molecule has 1 aromatic heterocycles. The van der Waals surface area contributed by atoms with Gasteiger partial charge in [-0.2, -0.15) is 5.10 Å². The second kappa shape index (κ2) is 6.78. The average molecular weight is 240 g/mol. The van der Waals surface area contributed by atoms with Gasteiger partial charge in [-0.05, 0) is 24.9 Å². The minimum atomic E-state index is -2.21. The third-order valence-corrected chi connectivity index (χ3v) is 2.91. The Bertz CT molecular complexity index is 354. The molecule has 0 saturated heterocycles. The van der Waals surface area contributed by atoms with E-state index in [2.05, 4.69) is 5.10 Å². The molecule has 80 valence electrons. The molecule has 1 atom stereocenters. The van der Waals surface area contributed by atoms with Gasteiger partial charge >= 0.3 is 29.6 Å². The second-order valence-corrected chi connectivity index (χ2v) is 3.83. The summed E-state index contributed by atoms with van der Waals surface area (Å²) >= 11 is -2.21. The van der Waals surface area contributed by atoms with Crippen LogP contribution in [0, 0.1) is 13.8 Å². The Morgan fingerprint density at radius 2 is 2.13 bits per heavy atom. The summed E-state index contributed by atoms with van der Waals surface area (Å²) in [6.45, 7) is 4.51. The summed E-state index contributed by atoms with van der Waals surface area (Å²) in [5.41, 5.74) is 1.19. The Hall–Kier alpha value is 0.280. The van der Waals surface area contributed by atoms with Crippen LogP contribution >= 0.6 is 0 Å². The van der Waals surface area contributed by atoms with Gasteiger partial charge < -0.3 is 9.29 Å². The second-order valence-electron chi connectivity index (χ2n) is 2.95. The average Bonchev–Trinajstić information content (AvgIpc) is 2.38. The molecule has 7 heteroatoms. The van der Waals surface area contributed by atoms with Crippen LogP contribution in [0.5, 0.6) is 0 Å². The predicted molar refractivity (Wildman–Crippen MR) is 50.8 cm³/mol. The number of rotatable bonds is 4. The number of hydrogen-bond donors (Lipinski definition) is 0. The summed E-state index contributed by atoms with van der Waals surface area (Å²) < 4.78 is 28.2. The molecule has 0 aromatic carbocycles. The molecule has 0 aliphatic carbocycles. The normalized spacial score (nSPS) is 12.3. The van der Waals surface area contributed by atoms with E-state index in [9.17, 15) is 8.76 Å². The van der Waals surface area contributed by atoms with Crippen molar-refractivity contribution < 1.29 is 43.1 Å². The first kappa shape index (κ1) is 15.3. The third-order valence-electron chi connectivity index (χ3n) is 1.99. The smallest absolute Gasteiger partial charge is 0.768 e. The van der Waals surface area contributed by atoms with Crippen LogP contribution in [0.3, 0.4) is 0 Å². The molecule has 0 radical (unpaired) electrons. The predicted octanol–water partition coefficient (Wildman–Crippen LogP) is -2.61. The Kier molecular flexibility index (Phi) is 6.90. The van der Waals surface area contributed by atoms with Crippen LogP contribution < -0.4 is 29.6 Å². The Labute approximate surface area is 114 Å². The minimum absolute atomic E-state index is 0. The van der Waals surface area contributed by atoms with Gasteiger partial charge in [0, 0.05) is 7.11 Å². The molecule has 0 N–H and O–H groups in total. The summed E-state index contributed by atoms with van der Waals surface area (Å²) in [5.74, 6) is 0. The number of aryl methyl sites for hydroxylation is 1. The fraction of sp³-hybridized carbons (Fsp3) is 0.625. The van der Waals surface area contributed by atoms with Crippen LogP contribution in [0.15, 0.2) is 4.90 Å². The molecule has 0 aliphatic heterocycles. The molecule has 15 heavy (non-hydrogen) atoms. The summed E-state index contributed by atoms with van der Waals surface area (Å²) in [5, 5.41) is 4.11. The summed E-state index contributed by atoms with van der Waals surface area (Å²) in [4.78, 5) is 0.293. The monoisotopic (exact) mass is 240 g/mol. The van der Waals surface area contributed by atoms with E-state index in [1.807, 2.05) is 0 Å². The number of aromatic nitrogens is 2. The molecule has 1 rings (SSSR count). The molecule has 1 heterocycles. The largest absolute Gasteiger partial charge is 1.00 e. The van der Waals surface area contributed by atoms with Crippen molar-refractivity contribution in [1.82, 2.24) is 9.78 Å². The Balaban J connectivity index is 0.00000196. The fourth-order valence-electron chi connectivity index (χ4n) is 1.32. The Morgan fingerprint density at radius 1 is 1.53 bits per heavy atom.